The Labute approximate surface area is 239 Å². The van der Waals surface area contributed by atoms with Gasteiger partial charge in [-0.25, -0.2) is 0 Å². The molecule has 4 amide bonds. The van der Waals surface area contributed by atoms with Crippen molar-refractivity contribution in [3.63, 3.8) is 0 Å². The van der Waals surface area contributed by atoms with E-state index < -0.39 is 11.1 Å². The van der Waals surface area contributed by atoms with E-state index in [4.69, 9.17) is 9.47 Å². The molecule has 0 spiro atoms. The number of amides is 4. The van der Waals surface area contributed by atoms with Crippen molar-refractivity contribution in [2.45, 2.75) is 26.2 Å². The van der Waals surface area contributed by atoms with Gasteiger partial charge in [0, 0.05) is 18.8 Å². The van der Waals surface area contributed by atoms with E-state index >= 15 is 0 Å². The topological polar surface area (TPSA) is 105 Å². The van der Waals surface area contributed by atoms with Crippen LogP contribution < -0.4 is 14.8 Å². The van der Waals surface area contributed by atoms with Gasteiger partial charge in [0.2, 0.25) is 5.91 Å². The molecule has 0 bridgehead atoms. The number of likely N-dealkylation sites (tertiary alicyclic amines) is 1. The lowest BCUT2D eigenvalue weighted by Crippen LogP contribution is -2.44. The summed E-state index contributed by atoms with van der Waals surface area (Å²) in [4.78, 5) is 53.4. The maximum absolute atomic E-state index is 12.9. The van der Waals surface area contributed by atoms with Crippen molar-refractivity contribution in [3.8, 4) is 11.5 Å². The van der Waals surface area contributed by atoms with Crippen molar-refractivity contribution in [1.82, 2.24) is 9.80 Å². The zero-order valence-electron chi connectivity index (χ0n) is 21.1. The molecule has 0 radical (unpaired) electrons. The van der Waals surface area contributed by atoms with Crippen LogP contribution in [0.1, 0.15) is 30.4 Å². The lowest BCUT2D eigenvalue weighted by molar-refractivity contribution is -0.136. The predicted octanol–water partition coefficient (Wildman–Crippen LogP) is 4.67. The minimum absolute atomic E-state index is 0.211. The SMILES string of the molecule is COc1cc(/C=C2\SC(=O)N(CC(=O)N3CCCCC3)C2=O)cc(I)c1OCC(=O)Nc1cccc(C)c1. The molecule has 11 heteroatoms. The zero-order valence-corrected chi connectivity index (χ0v) is 24.1. The van der Waals surface area contributed by atoms with Crippen LogP contribution in [-0.4, -0.2) is 66.1 Å². The highest BCUT2D eigenvalue weighted by Gasteiger charge is 2.37. The van der Waals surface area contributed by atoms with Crippen LogP contribution in [0.15, 0.2) is 41.3 Å². The Bertz CT molecular complexity index is 1290. The highest BCUT2D eigenvalue weighted by Crippen LogP contribution is 2.37. The molecule has 9 nitrogen and oxygen atoms in total. The second-order valence-corrected chi connectivity index (χ2v) is 11.1. The number of imide groups is 1. The first-order valence-corrected chi connectivity index (χ1v) is 14.0. The highest BCUT2D eigenvalue weighted by atomic mass is 127. The fraction of sp³-hybridized carbons (Fsp3) is 0.333. The normalized spacial score (nSPS) is 16.7. The molecule has 2 aromatic rings. The first kappa shape index (κ1) is 28.0. The van der Waals surface area contributed by atoms with Gasteiger partial charge in [-0.2, -0.15) is 0 Å². The van der Waals surface area contributed by atoms with E-state index in [2.05, 4.69) is 27.9 Å². The Balaban J connectivity index is 1.43. The number of rotatable bonds is 8. The van der Waals surface area contributed by atoms with Crippen LogP contribution in [-0.2, 0) is 14.4 Å². The van der Waals surface area contributed by atoms with Crippen LogP contribution in [0.3, 0.4) is 0 Å². The molecule has 0 atom stereocenters. The van der Waals surface area contributed by atoms with Gasteiger partial charge in [-0.05, 0) is 102 Å². The first-order chi connectivity index (χ1) is 18.2. The molecule has 0 saturated carbocycles. The molecule has 2 aromatic carbocycles. The fourth-order valence-corrected chi connectivity index (χ4v) is 5.81. The third kappa shape index (κ3) is 6.87. The first-order valence-electron chi connectivity index (χ1n) is 12.1. The molecule has 200 valence electrons. The average Bonchev–Trinajstić information content (AvgIpc) is 3.15. The van der Waals surface area contributed by atoms with Gasteiger partial charge in [0.05, 0.1) is 15.6 Å². The van der Waals surface area contributed by atoms with Crippen molar-refractivity contribution in [2.24, 2.45) is 0 Å². The second-order valence-electron chi connectivity index (χ2n) is 8.95. The third-order valence-electron chi connectivity index (χ3n) is 6.07. The molecule has 0 aromatic heterocycles. The standard InChI is InChI=1S/C27H28IN3O6S/c1-17-7-6-8-19(11-17)29-23(32)16-37-25-20(28)12-18(13-21(25)36-2)14-22-26(34)31(27(35)38-22)15-24(33)30-9-4-3-5-10-30/h6-8,11-14H,3-5,9-10,15-16H2,1-2H3,(H,29,32)/b22-14-. The fourth-order valence-electron chi connectivity index (χ4n) is 4.19. The predicted molar refractivity (Wildman–Crippen MR) is 154 cm³/mol. The maximum atomic E-state index is 12.9. The number of carbonyl (C=O) groups excluding carboxylic acids is 4. The second kappa shape index (κ2) is 12.7. The summed E-state index contributed by atoms with van der Waals surface area (Å²) >= 11 is 2.87. The van der Waals surface area contributed by atoms with E-state index in [1.165, 1.54) is 7.11 Å². The number of piperidine rings is 1. The molecular formula is C27H28IN3O6S. The van der Waals surface area contributed by atoms with Crippen molar-refractivity contribution >= 4 is 69.1 Å². The van der Waals surface area contributed by atoms with Crippen LogP contribution in [0.2, 0.25) is 0 Å². The summed E-state index contributed by atoms with van der Waals surface area (Å²) in [5.74, 6) is -0.244. The quantitative estimate of drug-likeness (QED) is 0.327. The van der Waals surface area contributed by atoms with Crippen molar-refractivity contribution < 1.29 is 28.7 Å². The van der Waals surface area contributed by atoms with Gasteiger partial charge < -0.3 is 19.7 Å². The molecular weight excluding hydrogens is 621 g/mol. The number of anilines is 1. The van der Waals surface area contributed by atoms with Crippen LogP contribution >= 0.6 is 34.4 Å². The number of aryl methyl sites for hydroxylation is 1. The lowest BCUT2D eigenvalue weighted by atomic mass is 10.1. The van der Waals surface area contributed by atoms with E-state index in [0.717, 1.165) is 41.5 Å². The summed E-state index contributed by atoms with van der Waals surface area (Å²) < 4.78 is 11.9. The van der Waals surface area contributed by atoms with Gasteiger partial charge in [0.1, 0.15) is 6.54 Å². The Morgan fingerprint density at radius 2 is 1.89 bits per heavy atom. The van der Waals surface area contributed by atoms with Gasteiger partial charge >= 0.3 is 0 Å². The van der Waals surface area contributed by atoms with Gasteiger partial charge in [0.15, 0.2) is 18.1 Å². The zero-order chi connectivity index (χ0) is 27.2. The van der Waals surface area contributed by atoms with Crippen molar-refractivity contribution in [1.29, 1.82) is 0 Å². The molecule has 2 aliphatic rings. The van der Waals surface area contributed by atoms with E-state index in [1.807, 2.05) is 25.1 Å². The van der Waals surface area contributed by atoms with Gasteiger partial charge in [-0.15, -0.1) is 0 Å². The van der Waals surface area contributed by atoms with Crippen LogP contribution in [0, 0.1) is 10.5 Å². The molecule has 2 fully saturated rings. The summed E-state index contributed by atoms with van der Waals surface area (Å²) in [6.07, 6.45) is 4.55. The summed E-state index contributed by atoms with van der Waals surface area (Å²) in [5.41, 5.74) is 2.33. The number of carbonyl (C=O) groups is 4. The lowest BCUT2D eigenvalue weighted by Gasteiger charge is -2.27. The minimum atomic E-state index is -0.493. The minimum Gasteiger partial charge on any atom is -0.493 e. The van der Waals surface area contributed by atoms with E-state index in [-0.39, 0.29) is 29.9 Å². The Hall–Kier alpha value is -3.06. The molecule has 4 rings (SSSR count). The smallest absolute Gasteiger partial charge is 0.294 e. The van der Waals surface area contributed by atoms with Crippen LogP contribution in [0.25, 0.3) is 6.08 Å². The number of hydrogen-bond donors (Lipinski definition) is 1. The molecule has 1 N–H and O–H groups in total. The average molecular weight is 650 g/mol. The van der Waals surface area contributed by atoms with Crippen molar-refractivity contribution in [2.75, 3.05) is 38.7 Å². The number of thioether (sulfide) groups is 1. The van der Waals surface area contributed by atoms with Crippen LogP contribution in [0.4, 0.5) is 10.5 Å². The number of hydrogen-bond acceptors (Lipinski definition) is 7. The highest BCUT2D eigenvalue weighted by molar-refractivity contribution is 14.1. The molecule has 0 unspecified atom stereocenters. The van der Waals surface area contributed by atoms with E-state index in [1.54, 1.807) is 29.2 Å². The molecule has 2 heterocycles. The van der Waals surface area contributed by atoms with Gasteiger partial charge in [0.25, 0.3) is 17.1 Å². The molecule has 0 aliphatic carbocycles. The van der Waals surface area contributed by atoms with Crippen molar-refractivity contribution in [3.05, 3.63) is 56.0 Å². The number of ether oxygens (including phenoxy) is 2. The number of methoxy groups -OCH3 is 1. The maximum Gasteiger partial charge on any atom is 0.294 e. The summed E-state index contributed by atoms with van der Waals surface area (Å²) in [6, 6.07) is 10.9. The number of halogens is 1. The van der Waals surface area contributed by atoms with Gasteiger partial charge in [-0.1, -0.05) is 12.1 Å². The van der Waals surface area contributed by atoms with E-state index in [9.17, 15) is 19.2 Å². The van der Waals surface area contributed by atoms with E-state index in [0.29, 0.717) is 39.4 Å². The number of nitrogens with one attached hydrogen (secondary N) is 1. The molecule has 38 heavy (non-hydrogen) atoms. The number of benzene rings is 2. The molecule has 2 saturated heterocycles. The summed E-state index contributed by atoms with van der Waals surface area (Å²) in [6.45, 7) is 2.79. The number of nitrogens with zero attached hydrogens (tertiary/aromatic N) is 2. The summed E-state index contributed by atoms with van der Waals surface area (Å²) in [5, 5.41) is 2.33. The third-order valence-corrected chi connectivity index (χ3v) is 7.78. The largest absolute Gasteiger partial charge is 0.493 e. The van der Waals surface area contributed by atoms with Crippen LogP contribution in [0.5, 0.6) is 11.5 Å². The Kier molecular flexibility index (Phi) is 9.31. The van der Waals surface area contributed by atoms with Gasteiger partial charge in [-0.3, -0.25) is 24.1 Å². The molecule has 2 aliphatic heterocycles. The summed E-state index contributed by atoms with van der Waals surface area (Å²) in [7, 11) is 1.48. The monoisotopic (exact) mass is 649 g/mol. The Morgan fingerprint density at radius 3 is 2.61 bits per heavy atom. The Morgan fingerprint density at radius 1 is 1.13 bits per heavy atom.